The summed E-state index contributed by atoms with van der Waals surface area (Å²) in [5, 5.41) is 0. The average Bonchev–Trinajstić information content (AvgIpc) is 2.68. The van der Waals surface area contributed by atoms with Crippen molar-refractivity contribution in [1.29, 1.82) is 0 Å². The zero-order valence-corrected chi connectivity index (χ0v) is 14.7. The second-order valence-corrected chi connectivity index (χ2v) is 6.87. The summed E-state index contributed by atoms with van der Waals surface area (Å²) in [6, 6.07) is 24.8. The predicted molar refractivity (Wildman–Crippen MR) is 105 cm³/mol. The first-order chi connectivity index (χ1) is 12.7. The van der Waals surface area contributed by atoms with Crippen LogP contribution in [-0.4, -0.2) is 17.4 Å². The van der Waals surface area contributed by atoms with E-state index in [0.29, 0.717) is 5.56 Å². The van der Waals surface area contributed by atoms with Gasteiger partial charge in [-0.05, 0) is 46.4 Å². The summed E-state index contributed by atoms with van der Waals surface area (Å²) in [5.74, 6) is -0.388. The molecule has 1 aliphatic heterocycles. The van der Waals surface area contributed by atoms with Crippen molar-refractivity contribution in [2.75, 3.05) is 6.54 Å². The first-order valence-corrected chi connectivity index (χ1v) is 8.97. The standard InChI is InChI=1S/C23H22N2O/c24-23(26)21-8-4-7-18(14-21)19-9-10-22-16-25(12-11-20(22)13-19)15-17-5-2-1-3-6-17/h1-10,13-14H,11-12,15-16H2,(H2,24,26). The van der Waals surface area contributed by atoms with E-state index in [4.69, 9.17) is 5.73 Å². The molecule has 130 valence electrons. The van der Waals surface area contributed by atoms with Gasteiger partial charge in [0.1, 0.15) is 0 Å². The molecule has 0 bridgehead atoms. The third-order valence-corrected chi connectivity index (χ3v) is 5.03. The Balaban J connectivity index is 1.54. The fourth-order valence-electron chi connectivity index (χ4n) is 3.62. The number of hydrogen-bond donors (Lipinski definition) is 1. The van der Waals surface area contributed by atoms with Crippen LogP contribution >= 0.6 is 0 Å². The van der Waals surface area contributed by atoms with Gasteiger partial charge in [-0.15, -0.1) is 0 Å². The van der Waals surface area contributed by atoms with Gasteiger partial charge < -0.3 is 5.73 Å². The second-order valence-electron chi connectivity index (χ2n) is 6.87. The summed E-state index contributed by atoms with van der Waals surface area (Å²) in [7, 11) is 0. The van der Waals surface area contributed by atoms with Crippen molar-refractivity contribution in [3.8, 4) is 11.1 Å². The number of hydrogen-bond acceptors (Lipinski definition) is 2. The Labute approximate surface area is 154 Å². The molecule has 4 rings (SSSR count). The molecular formula is C23H22N2O. The molecule has 0 saturated heterocycles. The Morgan fingerprint density at radius 2 is 1.69 bits per heavy atom. The minimum absolute atomic E-state index is 0.388. The van der Waals surface area contributed by atoms with E-state index in [0.717, 1.165) is 37.2 Å². The molecule has 0 spiro atoms. The molecule has 0 unspecified atom stereocenters. The van der Waals surface area contributed by atoms with Gasteiger partial charge in [0.2, 0.25) is 5.91 Å². The van der Waals surface area contributed by atoms with Crippen LogP contribution in [0.2, 0.25) is 0 Å². The van der Waals surface area contributed by atoms with Crippen molar-refractivity contribution in [2.24, 2.45) is 5.73 Å². The Morgan fingerprint density at radius 3 is 2.50 bits per heavy atom. The van der Waals surface area contributed by atoms with Crippen LogP contribution in [0, 0.1) is 0 Å². The van der Waals surface area contributed by atoms with Gasteiger partial charge in [0, 0.05) is 25.2 Å². The third-order valence-electron chi connectivity index (χ3n) is 5.03. The van der Waals surface area contributed by atoms with E-state index in [2.05, 4.69) is 53.4 Å². The van der Waals surface area contributed by atoms with Gasteiger partial charge >= 0.3 is 0 Å². The van der Waals surface area contributed by atoms with Gasteiger partial charge in [-0.1, -0.05) is 60.7 Å². The number of carbonyl (C=O) groups is 1. The summed E-state index contributed by atoms with van der Waals surface area (Å²) in [6.07, 6.45) is 1.05. The van der Waals surface area contributed by atoms with Crippen LogP contribution in [0.15, 0.2) is 72.8 Å². The van der Waals surface area contributed by atoms with Crippen molar-refractivity contribution in [1.82, 2.24) is 4.90 Å². The Hall–Kier alpha value is -2.91. The Kier molecular flexibility index (Phi) is 4.55. The second kappa shape index (κ2) is 7.14. The lowest BCUT2D eigenvalue weighted by Crippen LogP contribution is -2.30. The summed E-state index contributed by atoms with van der Waals surface area (Å²) in [6.45, 7) is 3.03. The van der Waals surface area contributed by atoms with Gasteiger partial charge in [0.15, 0.2) is 0 Å². The van der Waals surface area contributed by atoms with Crippen LogP contribution in [0.4, 0.5) is 0 Å². The molecule has 0 aromatic heterocycles. The largest absolute Gasteiger partial charge is 0.366 e. The average molecular weight is 342 g/mol. The fourth-order valence-corrected chi connectivity index (χ4v) is 3.62. The van der Waals surface area contributed by atoms with Gasteiger partial charge in [0.25, 0.3) is 0 Å². The van der Waals surface area contributed by atoms with E-state index in [1.54, 1.807) is 6.07 Å². The first-order valence-electron chi connectivity index (χ1n) is 8.97. The number of fused-ring (bicyclic) bond motifs is 1. The van der Waals surface area contributed by atoms with E-state index in [9.17, 15) is 4.79 Å². The normalized spacial score (nSPS) is 14.0. The van der Waals surface area contributed by atoms with Crippen LogP contribution in [0.1, 0.15) is 27.0 Å². The molecule has 26 heavy (non-hydrogen) atoms. The molecule has 1 heterocycles. The highest BCUT2D eigenvalue weighted by Gasteiger charge is 2.17. The number of nitrogens with two attached hydrogens (primary N) is 1. The summed E-state index contributed by atoms with van der Waals surface area (Å²) >= 11 is 0. The molecule has 3 aromatic carbocycles. The molecule has 3 aromatic rings. The Bertz CT molecular complexity index is 934. The first kappa shape index (κ1) is 16.6. The van der Waals surface area contributed by atoms with Crippen molar-refractivity contribution >= 4 is 5.91 Å². The van der Waals surface area contributed by atoms with Crippen molar-refractivity contribution in [3.05, 3.63) is 95.1 Å². The lowest BCUT2D eigenvalue weighted by atomic mass is 9.94. The van der Waals surface area contributed by atoms with Crippen LogP contribution in [0.5, 0.6) is 0 Å². The maximum atomic E-state index is 11.4. The monoisotopic (exact) mass is 342 g/mol. The molecule has 0 saturated carbocycles. The number of benzene rings is 3. The molecule has 0 atom stereocenters. The minimum atomic E-state index is -0.388. The van der Waals surface area contributed by atoms with E-state index < -0.39 is 0 Å². The van der Waals surface area contributed by atoms with Crippen molar-refractivity contribution in [3.63, 3.8) is 0 Å². The molecule has 3 heteroatoms. The maximum Gasteiger partial charge on any atom is 0.248 e. The zero-order chi connectivity index (χ0) is 17.9. The zero-order valence-electron chi connectivity index (χ0n) is 14.7. The van der Waals surface area contributed by atoms with Gasteiger partial charge in [-0.25, -0.2) is 0 Å². The van der Waals surface area contributed by atoms with E-state index in [-0.39, 0.29) is 5.91 Å². The lowest BCUT2D eigenvalue weighted by molar-refractivity contribution is 0.100. The molecule has 0 fully saturated rings. The lowest BCUT2D eigenvalue weighted by Gasteiger charge is -2.29. The van der Waals surface area contributed by atoms with Gasteiger partial charge in [0.05, 0.1) is 0 Å². The molecule has 1 aliphatic rings. The molecule has 0 aliphatic carbocycles. The van der Waals surface area contributed by atoms with Crippen LogP contribution in [0.3, 0.4) is 0 Å². The van der Waals surface area contributed by atoms with E-state index in [1.807, 2.05) is 18.2 Å². The van der Waals surface area contributed by atoms with Crippen LogP contribution < -0.4 is 5.73 Å². The number of rotatable bonds is 4. The van der Waals surface area contributed by atoms with E-state index >= 15 is 0 Å². The third kappa shape index (κ3) is 3.53. The highest BCUT2D eigenvalue weighted by atomic mass is 16.1. The van der Waals surface area contributed by atoms with Crippen molar-refractivity contribution < 1.29 is 4.79 Å². The Morgan fingerprint density at radius 1 is 0.885 bits per heavy atom. The molecule has 0 radical (unpaired) electrons. The quantitative estimate of drug-likeness (QED) is 0.779. The maximum absolute atomic E-state index is 11.4. The SMILES string of the molecule is NC(=O)c1cccc(-c2ccc3c(c2)CCN(Cc2ccccc2)C3)c1. The summed E-state index contributed by atoms with van der Waals surface area (Å²) < 4.78 is 0. The van der Waals surface area contributed by atoms with Crippen LogP contribution in [-0.2, 0) is 19.5 Å². The minimum Gasteiger partial charge on any atom is -0.366 e. The molecule has 3 nitrogen and oxygen atoms in total. The highest BCUT2D eigenvalue weighted by molar-refractivity contribution is 5.94. The molecular weight excluding hydrogens is 320 g/mol. The predicted octanol–water partition coefficient (Wildman–Crippen LogP) is 4.01. The van der Waals surface area contributed by atoms with Gasteiger partial charge in [-0.2, -0.15) is 0 Å². The summed E-state index contributed by atoms with van der Waals surface area (Å²) in [4.78, 5) is 13.9. The van der Waals surface area contributed by atoms with Crippen molar-refractivity contribution in [2.45, 2.75) is 19.5 Å². The summed E-state index contributed by atoms with van der Waals surface area (Å²) in [5.41, 5.74) is 12.3. The van der Waals surface area contributed by atoms with Gasteiger partial charge in [-0.3, -0.25) is 9.69 Å². The van der Waals surface area contributed by atoms with Crippen LogP contribution in [0.25, 0.3) is 11.1 Å². The topological polar surface area (TPSA) is 46.3 Å². The molecule has 1 amide bonds. The number of amides is 1. The number of primary amides is 1. The molecule has 2 N–H and O–H groups in total. The fraction of sp³-hybridized carbons (Fsp3) is 0.174. The highest BCUT2D eigenvalue weighted by Crippen LogP contribution is 2.27. The number of nitrogens with zero attached hydrogens (tertiary/aromatic N) is 1. The number of carbonyl (C=O) groups excluding carboxylic acids is 1. The van der Waals surface area contributed by atoms with E-state index in [1.165, 1.54) is 16.7 Å². The smallest absolute Gasteiger partial charge is 0.248 e.